The largest absolute Gasteiger partial charge is 0.347 e. The fraction of sp³-hybridized carbons (Fsp3) is 0.900. The van der Waals surface area contributed by atoms with Gasteiger partial charge in [0, 0.05) is 20.6 Å². The number of likely N-dealkylation sites (N-methyl/N-ethyl adjacent to an activating group) is 1. The SMILES string of the molecule is CC1CCN(C(C)C(=O)N(C)C)C1. The Kier molecular flexibility index (Phi) is 3.31. The van der Waals surface area contributed by atoms with E-state index in [4.69, 9.17) is 0 Å². The summed E-state index contributed by atoms with van der Waals surface area (Å²) < 4.78 is 0. The van der Waals surface area contributed by atoms with Gasteiger partial charge in [-0.05, 0) is 25.8 Å². The van der Waals surface area contributed by atoms with Crippen LogP contribution in [-0.4, -0.2) is 48.9 Å². The highest BCUT2D eigenvalue weighted by Gasteiger charge is 2.27. The molecule has 13 heavy (non-hydrogen) atoms. The van der Waals surface area contributed by atoms with Crippen LogP contribution in [0.1, 0.15) is 20.3 Å². The molecular weight excluding hydrogens is 164 g/mol. The Bertz CT molecular complexity index is 191. The molecular formula is C10H20N2O. The van der Waals surface area contributed by atoms with Crippen LogP contribution in [-0.2, 0) is 4.79 Å². The Morgan fingerprint density at radius 3 is 2.54 bits per heavy atom. The lowest BCUT2D eigenvalue weighted by Crippen LogP contribution is -2.43. The first-order valence-electron chi connectivity index (χ1n) is 4.97. The van der Waals surface area contributed by atoms with Gasteiger partial charge in [-0.3, -0.25) is 9.69 Å². The number of likely N-dealkylation sites (tertiary alicyclic amines) is 1. The average Bonchev–Trinajstić information content (AvgIpc) is 2.49. The number of rotatable bonds is 2. The lowest BCUT2D eigenvalue weighted by Gasteiger charge is -2.25. The Morgan fingerprint density at radius 2 is 2.15 bits per heavy atom. The fourth-order valence-electron chi connectivity index (χ4n) is 1.85. The van der Waals surface area contributed by atoms with Crippen molar-refractivity contribution < 1.29 is 4.79 Å². The average molecular weight is 184 g/mol. The maximum absolute atomic E-state index is 11.6. The summed E-state index contributed by atoms with van der Waals surface area (Å²) >= 11 is 0. The molecule has 2 unspecified atom stereocenters. The Hall–Kier alpha value is -0.570. The van der Waals surface area contributed by atoms with Crippen molar-refractivity contribution in [2.75, 3.05) is 27.2 Å². The minimum atomic E-state index is 0.0555. The number of nitrogens with zero attached hydrogens (tertiary/aromatic N) is 2. The molecule has 0 radical (unpaired) electrons. The number of hydrogen-bond acceptors (Lipinski definition) is 2. The summed E-state index contributed by atoms with van der Waals surface area (Å²) in [6, 6.07) is 0.0555. The van der Waals surface area contributed by atoms with Gasteiger partial charge in [0.15, 0.2) is 0 Å². The highest BCUT2D eigenvalue weighted by Crippen LogP contribution is 2.18. The molecule has 0 saturated carbocycles. The molecule has 0 aromatic carbocycles. The highest BCUT2D eigenvalue weighted by atomic mass is 16.2. The van der Waals surface area contributed by atoms with Gasteiger partial charge in [0.25, 0.3) is 0 Å². The number of carbonyl (C=O) groups excluding carboxylic acids is 1. The van der Waals surface area contributed by atoms with Gasteiger partial charge in [-0.15, -0.1) is 0 Å². The summed E-state index contributed by atoms with van der Waals surface area (Å²) in [6.45, 7) is 6.38. The van der Waals surface area contributed by atoms with Gasteiger partial charge in [0.1, 0.15) is 0 Å². The molecule has 1 aliphatic rings. The molecule has 0 aliphatic carbocycles. The minimum Gasteiger partial charge on any atom is -0.347 e. The number of hydrogen-bond donors (Lipinski definition) is 0. The van der Waals surface area contributed by atoms with E-state index in [1.165, 1.54) is 6.42 Å². The summed E-state index contributed by atoms with van der Waals surface area (Å²) in [7, 11) is 3.64. The standard InChI is InChI=1S/C10H20N2O/c1-8-5-6-12(7-8)9(2)10(13)11(3)4/h8-9H,5-7H2,1-4H3. The van der Waals surface area contributed by atoms with Crippen LogP contribution in [0, 0.1) is 5.92 Å². The molecule has 1 fully saturated rings. The van der Waals surface area contributed by atoms with Gasteiger partial charge >= 0.3 is 0 Å². The third kappa shape index (κ3) is 2.44. The summed E-state index contributed by atoms with van der Waals surface area (Å²) in [5, 5.41) is 0. The van der Waals surface area contributed by atoms with Gasteiger partial charge in [-0.1, -0.05) is 6.92 Å². The molecule has 3 heteroatoms. The normalized spacial score (nSPS) is 26.0. The summed E-state index contributed by atoms with van der Waals surface area (Å²) in [5.41, 5.74) is 0. The molecule has 76 valence electrons. The minimum absolute atomic E-state index is 0.0555. The van der Waals surface area contributed by atoms with Gasteiger partial charge in [0.05, 0.1) is 6.04 Å². The zero-order valence-corrected chi connectivity index (χ0v) is 9.08. The first-order valence-corrected chi connectivity index (χ1v) is 4.97. The second-order valence-corrected chi connectivity index (χ2v) is 4.30. The van der Waals surface area contributed by atoms with E-state index in [0.717, 1.165) is 19.0 Å². The summed E-state index contributed by atoms with van der Waals surface area (Å²) in [5.74, 6) is 0.964. The predicted molar refractivity (Wildman–Crippen MR) is 53.5 cm³/mol. The number of carbonyl (C=O) groups is 1. The molecule has 0 spiro atoms. The predicted octanol–water partition coefficient (Wildman–Crippen LogP) is 0.805. The van der Waals surface area contributed by atoms with Crippen molar-refractivity contribution in [1.29, 1.82) is 0 Å². The topological polar surface area (TPSA) is 23.6 Å². The number of amides is 1. The van der Waals surface area contributed by atoms with E-state index in [2.05, 4.69) is 11.8 Å². The Labute approximate surface area is 80.7 Å². The maximum atomic E-state index is 11.6. The fourth-order valence-corrected chi connectivity index (χ4v) is 1.85. The lowest BCUT2D eigenvalue weighted by molar-refractivity contribution is -0.133. The second kappa shape index (κ2) is 4.09. The summed E-state index contributed by atoms with van der Waals surface area (Å²) in [6.07, 6.45) is 1.23. The van der Waals surface area contributed by atoms with Crippen molar-refractivity contribution in [3.8, 4) is 0 Å². The molecule has 1 amide bonds. The van der Waals surface area contributed by atoms with Crippen LogP contribution >= 0.6 is 0 Å². The molecule has 0 aromatic heterocycles. The van der Waals surface area contributed by atoms with Gasteiger partial charge in [0.2, 0.25) is 5.91 Å². The van der Waals surface area contributed by atoms with Crippen LogP contribution in [0.15, 0.2) is 0 Å². The lowest BCUT2D eigenvalue weighted by atomic mass is 10.2. The Morgan fingerprint density at radius 1 is 1.54 bits per heavy atom. The molecule has 0 aromatic rings. The van der Waals surface area contributed by atoms with Crippen molar-refractivity contribution in [3.63, 3.8) is 0 Å². The molecule has 1 heterocycles. The smallest absolute Gasteiger partial charge is 0.239 e. The molecule has 3 nitrogen and oxygen atoms in total. The molecule has 0 N–H and O–H groups in total. The van der Waals surface area contributed by atoms with E-state index in [9.17, 15) is 4.79 Å². The molecule has 1 rings (SSSR count). The van der Waals surface area contributed by atoms with E-state index in [1.54, 1.807) is 4.90 Å². The third-order valence-corrected chi connectivity index (χ3v) is 2.80. The van der Waals surface area contributed by atoms with Crippen LogP contribution in [0.25, 0.3) is 0 Å². The van der Waals surface area contributed by atoms with Crippen molar-refractivity contribution >= 4 is 5.91 Å². The van der Waals surface area contributed by atoms with Crippen molar-refractivity contribution in [2.24, 2.45) is 5.92 Å². The molecule has 2 atom stereocenters. The van der Waals surface area contributed by atoms with Crippen LogP contribution in [0.5, 0.6) is 0 Å². The maximum Gasteiger partial charge on any atom is 0.239 e. The van der Waals surface area contributed by atoms with Gasteiger partial charge < -0.3 is 4.90 Å². The Balaban J connectivity index is 2.48. The molecule has 0 bridgehead atoms. The monoisotopic (exact) mass is 184 g/mol. The molecule has 1 saturated heterocycles. The molecule has 1 aliphatic heterocycles. The van der Waals surface area contributed by atoms with Gasteiger partial charge in [-0.2, -0.15) is 0 Å². The van der Waals surface area contributed by atoms with Crippen LogP contribution < -0.4 is 0 Å². The van der Waals surface area contributed by atoms with Crippen LogP contribution in [0.4, 0.5) is 0 Å². The van der Waals surface area contributed by atoms with Gasteiger partial charge in [-0.25, -0.2) is 0 Å². The van der Waals surface area contributed by atoms with Crippen molar-refractivity contribution in [2.45, 2.75) is 26.3 Å². The quantitative estimate of drug-likeness (QED) is 0.634. The highest BCUT2D eigenvalue weighted by molar-refractivity contribution is 5.80. The zero-order valence-electron chi connectivity index (χ0n) is 9.08. The van der Waals surface area contributed by atoms with E-state index in [0.29, 0.717) is 0 Å². The first-order chi connectivity index (χ1) is 6.02. The third-order valence-electron chi connectivity index (χ3n) is 2.80. The van der Waals surface area contributed by atoms with Crippen LogP contribution in [0.3, 0.4) is 0 Å². The van der Waals surface area contributed by atoms with E-state index in [-0.39, 0.29) is 11.9 Å². The van der Waals surface area contributed by atoms with E-state index in [1.807, 2.05) is 21.0 Å². The van der Waals surface area contributed by atoms with E-state index >= 15 is 0 Å². The first kappa shape index (κ1) is 10.5. The van der Waals surface area contributed by atoms with Crippen molar-refractivity contribution in [1.82, 2.24) is 9.80 Å². The zero-order chi connectivity index (χ0) is 10.0. The van der Waals surface area contributed by atoms with Crippen LogP contribution in [0.2, 0.25) is 0 Å². The second-order valence-electron chi connectivity index (χ2n) is 4.30. The van der Waals surface area contributed by atoms with E-state index < -0.39 is 0 Å². The summed E-state index contributed by atoms with van der Waals surface area (Å²) in [4.78, 5) is 15.6. The van der Waals surface area contributed by atoms with Crippen molar-refractivity contribution in [3.05, 3.63) is 0 Å².